The maximum Gasteiger partial charge on any atom is 0.243 e. The predicted octanol–water partition coefficient (Wildman–Crippen LogP) is 1.18. The van der Waals surface area contributed by atoms with Crippen molar-refractivity contribution in [1.82, 2.24) is 10.0 Å². The SMILES string of the molecule is COCC1(CNS(=O)(=O)c2cc3c(cc2F)NC(=O)CC3)CCCN1.Cl. The summed E-state index contributed by atoms with van der Waals surface area (Å²) in [5, 5.41) is 5.83. The molecule has 0 saturated carbocycles. The Morgan fingerprint density at radius 1 is 1.35 bits per heavy atom. The standard InChI is InChI=1S/C16H22FN3O4S.ClH/c1-24-10-16(5-2-6-18-16)9-19-25(22,23)14-7-11-3-4-15(21)20-13(11)8-12(14)17;/h7-8,18-19H,2-6,9-10H2,1H3,(H,20,21);1H. The van der Waals surface area contributed by atoms with E-state index in [0.717, 1.165) is 25.5 Å². The van der Waals surface area contributed by atoms with Gasteiger partial charge in [-0.25, -0.2) is 17.5 Å². The molecule has 0 bridgehead atoms. The van der Waals surface area contributed by atoms with Gasteiger partial charge in [-0.05, 0) is 43.5 Å². The summed E-state index contributed by atoms with van der Waals surface area (Å²) in [4.78, 5) is 11.0. The van der Waals surface area contributed by atoms with Crippen LogP contribution in [-0.2, 0) is 26.0 Å². The van der Waals surface area contributed by atoms with Gasteiger partial charge in [0.1, 0.15) is 10.7 Å². The van der Waals surface area contributed by atoms with Gasteiger partial charge in [-0.15, -0.1) is 12.4 Å². The lowest BCUT2D eigenvalue weighted by atomic mass is 9.99. The van der Waals surface area contributed by atoms with Crippen LogP contribution in [0.25, 0.3) is 0 Å². The largest absolute Gasteiger partial charge is 0.383 e. The van der Waals surface area contributed by atoms with Gasteiger partial charge in [-0.2, -0.15) is 0 Å². The van der Waals surface area contributed by atoms with Crippen molar-refractivity contribution in [2.75, 3.05) is 32.1 Å². The Hall–Kier alpha value is -1.26. The molecule has 2 heterocycles. The number of ether oxygens (including phenoxy) is 1. The number of halogens is 2. The third kappa shape index (κ3) is 4.34. The van der Waals surface area contributed by atoms with Crippen LogP contribution in [-0.4, -0.2) is 46.7 Å². The average molecular weight is 408 g/mol. The van der Waals surface area contributed by atoms with Crippen LogP contribution < -0.4 is 15.4 Å². The number of carbonyl (C=O) groups is 1. The minimum absolute atomic E-state index is 0. The van der Waals surface area contributed by atoms with E-state index in [1.54, 1.807) is 7.11 Å². The van der Waals surface area contributed by atoms with E-state index in [0.29, 0.717) is 24.3 Å². The number of hydrogen-bond donors (Lipinski definition) is 3. The lowest BCUT2D eigenvalue weighted by Gasteiger charge is -2.29. The van der Waals surface area contributed by atoms with Crippen LogP contribution in [0.15, 0.2) is 17.0 Å². The van der Waals surface area contributed by atoms with Crippen LogP contribution in [0.1, 0.15) is 24.8 Å². The summed E-state index contributed by atoms with van der Waals surface area (Å²) in [6.45, 7) is 1.28. The van der Waals surface area contributed by atoms with Crippen LogP contribution in [0.2, 0.25) is 0 Å². The van der Waals surface area contributed by atoms with Crippen LogP contribution in [0, 0.1) is 5.82 Å². The summed E-state index contributed by atoms with van der Waals surface area (Å²) in [6, 6.07) is 2.37. The molecular weight excluding hydrogens is 385 g/mol. The molecule has 2 aliphatic rings. The Labute approximate surface area is 158 Å². The third-order valence-corrected chi connectivity index (χ3v) is 6.11. The van der Waals surface area contributed by atoms with Crippen molar-refractivity contribution in [2.45, 2.75) is 36.1 Å². The summed E-state index contributed by atoms with van der Waals surface area (Å²) in [5.74, 6) is -1.08. The van der Waals surface area contributed by atoms with E-state index in [1.165, 1.54) is 6.07 Å². The van der Waals surface area contributed by atoms with Crippen LogP contribution >= 0.6 is 12.4 Å². The normalized spacial score (nSPS) is 22.5. The number of sulfonamides is 1. The van der Waals surface area contributed by atoms with Gasteiger partial charge in [-0.1, -0.05) is 0 Å². The molecular formula is C16H23ClFN3O4S. The molecule has 10 heteroatoms. The van der Waals surface area contributed by atoms with Crippen molar-refractivity contribution < 1.29 is 22.3 Å². The second-order valence-corrected chi connectivity index (χ2v) is 8.29. The molecule has 7 nitrogen and oxygen atoms in total. The van der Waals surface area contributed by atoms with Gasteiger partial charge in [0.25, 0.3) is 0 Å². The Morgan fingerprint density at radius 3 is 2.77 bits per heavy atom. The second-order valence-electron chi connectivity index (χ2n) is 6.56. The molecule has 0 radical (unpaired) electrons. The first-order chi connectivity index (χ1) is 11.9. The zero-order chi connectivity index (χ0) is 18.1. The quantitative estimate of drug-likeness (QED) is 0.658. The molecule has 1 atom stereocenters. The van der Waals surface area contributed by atoms with Crippen molar-refractivity contribution in [2.24, 2.45) is 0 Å². The summed E-state index contributed by atoms with van der Waals surface area (Å²) < 4.78 is 47.2. The Kier molecular flexibility index (Phi) is 6.62. The molecule has 0 spiro atoms. The highest BCUT2D eigenvalue weighted by Gasteiger charge is 2.35. The molecule has 3 rings (SSSR count). The fourth-order valence-electron chi connectivity index (χ4n) is 3.37. The van der Waals surface area contributed by atoms with E-state index in [4.69, 9.17) is 4.74 Å². The van der Waals surface area contributed by atoms with Crippen molar-refractivity contribution in [3.63, 3.8) is 0 Å². The molecule has 1 amide bonds. The molecule has 1 aromatic carbocycles. The first kappa shape index (κ1) is 21.0. The molecule has 0 aliphatic carbocycles. The van der Waals surface area contributed by atoms with Gasteiger partial charge < -0.3 is 15.4 Å². The molecule has 146 valence electrons. The Morgan fingerprint density at radius 2 is 2.12 bits per heavy atom. The maximum absolute atomic E-state index is 14.3. The van der Waals surface area contributed by atoms with Crippen LogP contribution in [0.3, 0.4) is 0 Å². The number of anilines is 1. The molecule has 3 N–H and O–H groups in total. The molecule has 1 aromatic rings. The molecule has 1 fully saturated rings. The number of benzene rings is 1. The fourth-order valence-corrected chi connectivity index (χ4v) is 4.60. The summed E-state index contributed by atoms with van der Waals surface area (Å²) in [5.41, 5.74) is 0.480. The lowest BCUT2D eigenvalue weighted by Crippen LogP contribution is -2.52. The van der Waals surface area contributed by atoms with Gasteiger partial charge in [0.05, 0.1) is 12.1 Å². The number of hydrogen-bond acceptors (Lipinski definition) is 5. The molecule has 26 heavy (non-hydrogen) atoms. The summed E-state index contributed by atoms with van der Waals surface area (Å²) in [6.07, 6.45) is 2.35. The van der Waals surface area contributed by atoms with Gasteiger partial charge in [0.15, 0.2) is 0 Å². The van der Waals surface area contributed by atoms with Crippen molar-refractivity contribution in [3.8, 4) is 0 Å². The average Bonchev–Trinajstić information content (AvgIpc) is 3.01. The number of carbonyl (C=O) groups excluding carboxylic acids is 1. The van der Waals surface area contributed by atoms with E-state index < -0.39 is 26.3 Å². The highest BCUT2D eigenvalue weighted by molar-refractivity contribution is 7.89. The van der Waals surface area contributed by atoms with Crippen molar-refractivity contribution in [1.29, 1.82) is 0 Å². The number of fused-ring (bicyclic) bond motifs is 1. The topological polar surface area (TPSA) is 96.5 Å². The van der Waals surface area contributed by atoms with Gasteiger partial charge in [-0.3, -0.25) is 4.79 Å². The number of methoxy groups -OCH3 is 1. The smallest absolute Gasteiger partial charge is 0.243 e. The van der Waals surface area contributed by atoms with Crippen molar-refractivity contribution in [3.05, 3.63) is 23.5 Å². The van der Waals surface area contributed by atoms with E-state index in [1.807, 2.05) is 0 Å². The predicted molar refractivity (Wildman–Crippen MR) is 97.6 cm³/mol. The number of rotatable bonds is 6. The zero-order valence-corrected chi connectivity index (χ0v) is 16.1. The fraction of sp³-hybridized carbons (Fsp3) is 0.562. The van der Waals surface area contributed by atoms with Gasteiger partial charge >= 0.3 is 0 Å². The van der Waals surface area contributed by atoms with Crippen LogP contribution in [0.4, 0.5) is 10.1 Å². The molecule has 2 aliphatic heterocycles. The van der Waals surface area contributed by atoms with Gasteiger partial charge in [0.2, 0.25) is 15.9 Å². The Bertz CT molecular complexity index is 782. The maximum atomic E-state index is 14.3. The first-order valence-corrected chi connectivity index (χ1v) is 9.69. The second kappa shape index (κ2) is 8.18. The van der Waals surface area contributed by atoms with E-state index in [9.17, 15) is 17.6 Å². The van der Waals surface area contributed by atoms with E-state index in [2.05, 4.69) is 15.4 Å². The third-order valence-electron chi connectivity index (χ3n) is 4.70. The zero-order valence-electron chi connectivity index (χ0n) is 14.4. The highest BCUT2D eigenvalue weighted by Crippen LogP contribution is 2.28. The van der Waals surface area contributed by atoms with Gasteiger partial charge in [0, 0.05) is 25.8 Å². The molecule has 1 saturated heterocycles. The Balaban J connectivity index is 0.00000243. The van der Waals surface area contributed by atoms with E-state index >= 15 is 0 Å². The lowest BCUT2D eigenvalue weighted by molar-refractivity contribution is -0.116. The summed E-state index contributed by atoms with van der Waals surface area (Å²) in [7, 11) is -2.45. The number of nitrogens with one attached hydrogen (secondary N) is 3. The molecule has 0 aromatic heterocycles. The van der Waals surface area contributed by atoms with Crippen molar-refractivity contribution >= 4 is 34.0 Å². The minimum Gasteiger partial charge on any atom is -0.383 e. The number of amides is 1. The summed E-state index contributed by atoms with van der Waals surface area (Å²) >= 11 is 0. The first-order valence-electron chi connectivity index (χ1n) is 8.21. The molecule has 1 unspecified atom stereocenters. The minimum atomic E-state index is -4.02. The monoisotopic (exact) mass is 407 g/mol. The van der Waals surface area contributed by atoms with E-state index in [-0.39, 0.29) is 31.3 Å². The highest BCUT2D eigenvalue weighted by atomic mass is 35.5. The van der Waals surface area contributed by atoms with Crippen LogP contribution in [0.5, 0.6) is 0 Å². The number of aryl methyl sites for hydroxylation is 1.